The van der Waals surface area contributed by atoms with Gasteiger partial charge in [-0.2, -0.15) is 0 Å². The molecule has 12 heteroatoms. The number of nitrogens with zero attached hydrogens (tertiary/aromatic N) is 1. The number of aromatic hydroxyl groups is 1. The van der Waals surface area contributed by atoms with E-state index >= 15 is 0 Å². The van der Waals surface area contributed by atoms with E-state index in [2.05, 4.69) is 24.8 Å². The number of benzene rings is 3. The average molecular weight is 675 g/mol. The Morgan fingerprint density at radius 2 is 1.62 bits per heavy atom. The third kappa shape index (κ3) is 8.52. The molecular weight excluding hydrogens is 633 g/mol. The predicted molar refractivity (Wildman–Crippen MR) is 187 cm³/mol. The molecule has 48 heavy (non-hydrogen) atoms. The molecule has 0 saturated heterocycles. The fraction of sp³-hybridized carbons (Fsp3) is 0.389. The van der Waals surface area contributed by atoms with E-state index < -0.39 is 11.4 Å². The number of ketones is 2. The normalized spacial score (nSPS) is 14.5. The van der Waals surface area contributed by atoms with Gasteiger partial charge in [0.15, 0.2) is 11.6 Å². The van der Waals surface area contributed by atoms with Gasteiger partial charge in [-0.15, -0.1) is 0 Å². The molecule has 1 aliphatic carbocycles. The van der Waals surface area contributed by atoms with E-state index in [-0.39, 0.29) is 51.8 Å². The van der Waals surface area contributed by atoms with Crippen molar-refractivity contribution in [1.29, 1.82) is 0 Å². The molecule has 10 nitrogen and oxygen atoms in total. The first-order valence-electron chi connectivity index (χ1n) is 15.6. The van der Waals surface area contributed by atoms with Crippen molar-refractivity contribution in [3.05, 3.63) is 70.8 Å². The molecule has 253 valence electrons. The zero-order valence-corrected chi connectivity index (χ0v) is 29.0. The number of esters is 1. The van der Waals surface area contributed by atoms with Crippen molar-refractivity contribution in [3.8, 4) is 23.0 Å². The van der Waals surface area contributed by atoms with Crippen molar-refractivity contribution in [2.24, 2.45) is 9.72 Å². The monoisotopic (exact) mass is 674 g/mol. The van der Waals surface area contributed by atoms with Gasteiger partial charge in [0, 0.05) is 32.9 Å². The second kappa shape index (κ2) is 16.1. The van der Waals surface area contributed by atoms with Crippen LogP contribution in [0.4, 0.5) is 0 Å². The van der Waals surface area contributed by atoms with Gasteiger partial charge in [0.05, 0.1) is 37.0 Å². The number of fused-ring (bicyclic) bond motifs is 4. The third-order valence-electron chi connectivity index (χ3n) is 7.87. The van der Waals surface area contributed by atoms with Crippen molar-refractivity contribution >= 4 is 54.7 Å². The standard InChI is InChI=1S/C18H20O5.C18H20O4.BHNS/c1-4-8-23-14-7-5-6-11-16(14)13(19)9-12(17(11)22)18(2,3)10-15(20)21;1-4-8-21-14-7-5-6-11-16(14)13(19)9-12-17(11)22-15(20)10-18(12,2)3;1-2-3/h5-7,9H,4,8,10H2,1-3H3,(H,20,21);5-7,9,19H,4,8,10H2,1-3H3;3H. The Morgan fingerprint density at radius 1 is 1.04 bits per heavy atom. The number of carboxylic acid groups (broad SMARTS) is 1. The van der Waals surface area contributed by atoms with Crippen LogP contribution < -0.4 is 14.2 Å². The Hall–Kier alpha value is -4.45. The molecule has 0 aromatic heterocycles. The Bertz CT molecular complexity index is 1760. The summed E-state index contributed by atoms with van der Waals surface area (Å²) in [6.07, 6.45) is 3.01. The summed E-state index contributed by atoms with van der Waals surface area (Å²) in [7, 11) is 4.34. The number of phenolic OH excluding ortho intramolecular Hbond substituents is 1. The third-order valence-corrected chi connectivity index (χ3v) is 7.87. The molecule has 0 bridgehead atoms. The second-order valence-electron chi connectivity index (χ2n) is 12.7. The number of allylic oxidation sites excluding steroid dienone is 2. The van der Waals surface area contributed by atoms with Crippen LogP contribution in [0.15, 0.2) is 58.4 Å². The van der Waals surface area contributed by atoms with Gasteiger partial charge in [-0.1, -0.05) is 65.8 Å². The first-order valence-corrected chi connectivity index (χ1v) is 16.0. The number of carbonyl (C=O) groups excluding carboxylic acids is 3. The minimum absolute atomic E-state index is 0.159. The van der Waals surface area contributed by atoms with E-state index in [9.17, 15) is 24.3 Å². The zero-order chi connectivity index (χ0) is 35.8. The molecule has 0 unspecified atom stereocenters. The summed E-state index contributed by atoms with van der Waals surface area (Å²) in [6.45, 7) is 12.3. The first kappa shape index (κ1) is 38.0. The van der Waals surface area contributed by atoms with Gasteiger partial charge in [0.25, 0.3) is 0 Å². The van der Waals surface area contributed by atoms with Gasteiger partial charge < -0.3 is 24.4 Å². The minimum atomic E-state index is -1.01. The predicted octanol–water partition coefficient (Wildman–Crippen LogP) is 7.39. The molecule has 1 radical (unpaired) electrons. The zero-order valence-electron chi connectivity index (χ0n) is 28.1. The van der Waals surface area contributed by atoms with Crippen LogP contribution in [0.5, 0.6) is 23.0 Å². The number of thiol groups is 1. The number of aliphatic carboxylic acids is 1. The number of carbonyl (C=O) groups is 4. The van der Waals surface area contributed by atoms with Crippen LogP contribution in [0.25, 0.3) is 10.8 Å². The second-order valence-corrected chi connectivity index (χ2v) is 12.9. The Balaban J connectivity index is 0.000000241. The van der Waals surface area contributed by atoms with Gasteiger partial charge in [0.1, 0.15) is 23.0 Å². The topological polar surface area (TPSA) is 149 Å². The molecule has 1 heterocycles. The Kier molecular flexibility index (Phi) is 12.7. The molecule has 0 atom stereocenters. The Labute approximate surface area is 287 Å². The number of carboxylic acids is 1. The summed E-state index contributed by atoms with van der Waals surface area (Å²) in [4.78, 5) is 48.2. The first-order chi connectivity index (χ1) is 22.6. The molecule has 0 saturated carbocycles. The molecule has 5 rings (SSSR count). The summed E-state index contributed by atoms with van der Waals surface area (Å²) in [5.74, 6) is -0.186. The van der Waals surface area contributed by atoms with E-state index in [0.717, 1.165) is 18.4 Å². The fourth-order valence-electron chi connectivity index (χ4n) is 5.65. The summed E-state index contributed by atoms with van der Waals surface area (Å²) < 4.78 is 19.5. The van der Waals surface area contributed by atoms with Gasteiger partial charge >= 0.3 is 36.7 Å². The van der Waals surface area contributed by atoms with Crippen molar-refractivity contribution in [2.45, 2.75) is 72.6 Å². The van der Waals surface area contributed by atoms with E-state index in [0.29, 0.717) is 47.7 Å². The maximum atomic E-state index is 12.7. The Morgan fingerprint density at radius 3 is 2.23 bits per heavy atom. The van der Waals surface area contributed by atoms with Gasteiger partial charge in [0.2, 0.25) is 0 Å². The fourth-order valence-corrected chi connectivity index (χ4v) is 5.65. The number of phenols is 1. The van der Waals surface area contributed by atoms with Crippen LogP contribution in [0.3, 0.4) is 0 Å². The molecule has 3 aromatic carbocycles. The van der Waals surface area contributed by atoms with E-state index in [1.807, 2.05) is 45.9 Å². The van der Waals surface area contributed by atoms with E-state index in [1.54, 1.807) is 38.1 Å². The van der Waals surface area contributed by atoms with Gasteiger partial charge in [-0.3, -0.25) is 19.2 Å². The number of hydrogen-bond acceptors (Lipinski definition) is 10. The number of hydrogen-bond donors (Lipinski definition) is 3. The summed E-state index contributed by atoms with van der Waals surface area (Å²) in [5.41, 5.74) is 0.336. The number of ether oxygens (including phenoxy) is 3. The maximum absolute atomic E-state index is 12.7. The summed E-state index contributed by atoms with van der Waals surface area (Å²) in [6, 6.07) is 12.1. The van der Waals surface area contributed by atoms with Crippen LogP contribution >= 0.6 is 12.8 Å². The molecule has 0 amide bonds. The van der Waals surface area contributed by atoms with E-state index in [4.69, 9.17) is 19.3 Å². The average Bonchev–Trinajstić information content (AvgIpc) is 3.01. The van der Waals surface area contributed by atoms with Crippen molar-refractivity contribution in [3.63, 3.8) is 0 Å². The number of Topliss-reactive ketones (excluding diaryl/α,β-unsaturated/α-hetero) is 1. The van der Waals surface area contributed by atoms with Gasteiger partial charge in [-0.25, -0.2) is 0 Å². The van der Waals surface area contributed by atoms with Crippen LogP contribution in [0, 0.1) is 5.41 Å². The molecule has 2 N–H and O–H groups in total. The quantitative estimate of drug-likeness (QED) is 0.0915. The molecule has 0 fully saturated rings. The number of rotatable bonds is 9. The molecule has 0 spiro atoms. The molecule has 3 aromatic rings. The summed E-state index contributed by atoms with van der Waals surface area (Å²) >= 11 is 3.19. The van der Waals surface area contributed by atoms with Gasteiger partial charge in [-0.05, 0) is 37.1 Å². The SMILES string of the molecule is CCCOc1cccc2c1C(=O)C=C(C(C)(C)CC(=O)O)C2=O.CCCOc1cccc2c3c(cc(O)c12)C(C)(C)CC(=O)O3.[B]=NS. The van der Waals surface area contributed by atoms with Crippen LogP contribution in [-0.2, 0) is 15.0 Å². The van der Waals surface area contributed by atoms with E-state index in [1.165, 1.54) is 6.08 Å². The van der Waals surface area contributed by atoms with Crippen molar-refractivity contribution in [2.75, 3.05) is 13.2 Å². The van der Waals surface area contributed by atoms with Crippen LogP contribution in [0.1, 0.15) is 93.5 Å². The van der Waals surface area contributed by atoms with Crippen molar-refractivity contribution < 1.29 is 43.6 Å². The molecule has 2 aliphatic rings. The molecule has 1 aliphatic heterocycles. The molecular formula is C36H41BNO9S. The van der Waals surface area contributed by atoms with Crippen LogP contribution in [0.2, 0.25) is 0 Å². The van der Waals surface area contributed by atoms with Crippen molar-refractivity contribution in [1.82, 2.24) is 0 Å². The van der Waals surface area contributed by atoms with Crippen LogP contribution in [-0.4, -0.2) is 54.6 Å². The summed E-state index contributed by atoms with van der Waals surface area (Å²) in [5, 5.41) is 20.8.